The van der Waals surface area contributed by atoms with Crippen LogP contribution in [0.2, 0.25) is 0 Å². The summed E-state index contributed by atoms with van der Waals surface area (Å²) in [6.45, 7) is -1.66. The standard InChI is InChI=1S/C3H8FOPS/c1-3-6(4,5)7-2/h3H2,1-2H3. The smallest absolute Gasteiger partial charge is 0.276 e. The highest BCUT2D eigenvalue weighted by Crippen LogP contribution is 2.58. The molecule has 0 aliphatic rings. The molecule has 44 valence electrons. The zero-order valence-electron chi connectivity index (χ0n) is 4.35. The van der Waals surface area contributed by atoms with Crippen LogP contribution in [0.4, 0.5) is 4.20 Å². The molecular formula is C3H8FOPS. The molecule has 0 amide bonds. The Kier molecular flexibility index (Phi) is 2.93. The predicted octanol–water partition coefficient (Wildman–Crippen LogP) is 2.53. The second kappa shape index (κ2) is 2.73. The van der Waals surface area contributed by atoms with Crippen molar-refractivity contribution in [1.29, 1.82) is 0 Å². The molecule has 0 fully saturated rings. The zero-order chi connectivity index (χ0) is 5.91. The molecule has 0 spiro atoms. The van der Waals surface area contributed by atoms with E-state index in [4.69, 9.17) is 0 Å². The Morgan fingerprint density at radius 1 is 1.86 bits per heavy atom. The Morgan fingerprint density at radius 2 is 2.29 bits per heavy atom. The van der Waals surface area contributed by atoms with Crippen molar-refractivity contribution in [2.45, 2.75) is 6.92 Å². The molecule has 1 unspecified atom stereocenters. The maximum absolute atomic E-state index is 12.1. The van der Waals surface area contributed by atoms with Crippen molar-refractivity contribution >= 4 is 18.0 Å². The molecule has 7 heavy (non-hydrogen) atoms. The SMILES string of the molecule is CCP(=O)(F)SC. The first-order chi connectivity index (χ1) is 3.12. The molecule has 0 heterocycles. The Bertz CT molecular complexity index is 86.9. The van der Waals surface area contributed by atoms with Gasteiger partial charge in [0.15, 0.2) is 0 Å². The molecule has 0 N–H and O–H groups in total. The Labute approximate surface area is 46.9 Å². The maximum Gasteiger partial charge on any atom is 0.295 e. The molecule has 1 nitrogen and oxygen atoms in total. The van der Waals surface area contributed by atoms with Crippen LogP contribution in [-0.4, -0.2) is 12.4 Å². The number of halogens is 1. The Hall–Kier alpha value is 0.510. The van der Waals surface area contributed by atoms with Gasteiger partial charge in [-0.1, -0.05) is 18.3 Å². The molecule has 1 atom stereocenters. The second-order valence-corrected chi connectivity index (χ2v) is 6.00. The minimum absolute atomic E-state index is 0.147. The van der Waals surface area contributed by atoms with Crippen LogP contribution in [0.3, 0.4) is 0 Å². The van der Waals surface area contributed by atoms with Crippen molar-refractivity contribution in [1.82, 2.24) is 0 Å². The highest BCUT2D eigenvalue weighted by atomic mass is 32.7. The van der Waals surface area contributed by atoms with E-state index in [2.05, 4.69) is 0 Å². The molecule has 0 saturated heterocycles. The van der Waals surface area contributed by atoms with Crippen LogP contribution in [0.15, 0.2) is 0 Å². The topological polar surface area (TPSA) is 17.1 Å². The lowest BCUT2D eigenvalue weighted by Gasteiger charge is -1.96. The normalized spacial score (nSPS) is 18.7. The molecule has 0 aromatic carbocycles. The summed E-state index contributed by atoms with van der Waals surface area (Å²) in [6.07, 6.45) is 1.67. The van der Waals surface area contributed by atoms with Crippen molar-refractivity contribution in [3.05, 3.63) is 0 Å². The van der Waals surface area contributed by atoms with Gasteiger partial charge in [0.1, 0.15) is 0 Å². The van der Waals surface area contributed by atoms with Crippen LogP contribution in [0, 0.1) is 0 Å². The number of rotatable bonds is 2. The van der Waals surface area contributed by atoms with Crippen molar-refractivity contribution in [3.63, 3.8) is 0 Å². The summed E-state index contributed by atoms with van der Waals surface area (Å²) in [5.74, 6) is 0. The van der Waals surface area contributed by atoms with Gasteiger partial charge in [-0.05, 0) is 6.26 Å². The average Bonchev–Trinajstić information content (AvgIpc) is 1.68. The lowest BCUT2D eigenvalue weighted by molar-refractivity contribution is 0.556. The van der Waals surface area contributed by atoms with Crippen LogP contribution in [-0.2, 0) is 4.57 Å². The molecule has 0 aromatic heterocycles. The third-order valence-corrected chi connectivity index (χ3v) is 4.36. The second-order valence-electron chi connectivity index (χ2n) is 1.09. The summed E-state index contributed by atoms with van der Waals surface area (Å²) < 4.78 is 22.3. The minimum atomic E-state index is -3.24. The maximum atomic E-state index is 12.1. The van der Waals surface area contributed by atoms with Gasteiger partial charge in [-0.3, -0.25) is 4.57 Å². The first kappa shape index (κ1) is 7.51. The van der Waals surface area contributed by atoms with Crippen LogP contribution in [0.1, 0.15) is 6.92 Å². The summed E-state index contributed by atoms with van der Waals surface area (Å²) in [5.41, 5.74) is 0. The highest BCUT2D eigenvalue weighted by Gasteiger charge is 2.13. The van der Waals surface area contributed by atoms with Gasteiger partial charge in [-0.2, -0.15) is 4.20 Å². The van der Waals surface area contributed by atoms with Crippen molar-refractivity contribution < 1.29 is 8.76 Å². The first-order valence-electron chi connectivity index (χ1n) is 1.97. The summed E-state index contributed by atoms with van der Waals surface area (Å²) in [5, 5.41) is 0. The van der Waals surface area contributed by atoms with Crippen molar-refractivity contribution in [2.24, 2.45) is 0 Å². The van der Waals surface area contributed by atoms with Gasteiger partial charge in [0.25, 0.3) is 6.65 Å². The molecule has 0 aliphatic heterocycles. The van der Waals surface area contributed by atoms with Crippen LogP contribution >= 0.6 is 18.0 Å². The lowest BCUT2D eigenvalue weighted by Crippen LogP contribution is -1.66. The van der Waals surface area contributed by atoms with E-state index >= 15 is 0 Å². The van der Waals surface area contributed by atoms with Gasteiger partial charge in [0, 0.05) is 6.16 Å². The van der Waals surface area contributed by atoms with Gasteiger partial charge >= 0.3 is 0 Å². The largest absolute Gasteiger partial charge is 0.295 e. The predicted molar refractivity (Wildman–Crippen MR) is 32.8 cm³/mol. The van der Waals surface area contributed by atoms with Gasteiger partial charge in [0.2, 0.25) is 0 Å². The Balaban J connectivity index is 3.61. The van der Waals surface area contributed by atoms with Crippen LogP contribution in [0.25, 0.3) is 0 Å². The fourth-order valence-corrected chi connectivity index (χ4v) is 1.16. The Morgan fingerprint density at radius 3 is 2.29 bits per heavy atom. The molecule has 0 aromatic rings. The van der Waals surface area contributed by atoms with E-state index < -0.39 is 6.65 Å². The van der Waals surface area contributed by atoms with E-state index in [9.17, 15) is 8.76 Å². The van der Waals surface area contributed by atoms with E-state index in [0.29, 0.717) is 0 Å². The fraction of sp³-hybridized carbons (Fsp3) is 1.00. The van der Waals surface area contributed by atoms with Gasteiger partial charge < -0.3 is 0 Å². The third kappa shape index (κ3) is 3.12. The van der Waals surface area contributed by atoms with Crippen molar-refractivity contribution in [2.75, 3.05) is 12.4 Å². The fourth-order valence-electron chi connectivity index (χ4n) is 0.129. The molecule has 0 radical (unpaired) electrons. The van der Waals surface area contributed by atoms with E-state index in [-0.39, 0.29) is 6.16 Å². The van der Waals surface area contributed by atoms with Crippen LogP contribution < -0.4 is 0 Å². The number of hydrogen-bond donors (Lipinski definition) is 0. The average molecular weight is 142 g/mol. The highest BCUT2D eigenvalue weighted by molar-refractivity contribution is 8.56. The van der Waals surface area contributed by atoms with E-state index in [1.54, 1.807) is 6.92 Å². The van der Waals surface area contributed by atoms with Gasteiger partial charge in [-0.15, -0.1) is 0 Å². The summed E-state index contributed by atoms with van der Waals surface area (Å²) in [7, 11) is 0. The first-order valence-corrected chi connectivity index (χ1v) is 5.58. The minimum Gasteiger partial charge on any atom is -0.276 e. The van der Waals surface area contributed by atoms with Gasteiger partial charge in [-0.25, -0.2) is 0 Å². The molecule has 0 rings (SSSR count). The molecule has 4 heteroatoms. The van der Waals surface area contributed by atoms with E-state index in [1.807, 2.05) is 0 Å². The quantitative estimate of drug-likeness (QED) is 0.551. The number of hydrogen-bond acceptors (Lipinski definition) is 2. The molecule has 0 saturated carbocycles. The van der Waals surface area contributed by atoms with E-state index in [1.165, 1.54) is 6.26 Å². The summed E-state index contributed by atoms with van der Waals surface area (Å²) in [4.78, 5) is 0. The monoisotopic (exact) mass is 142 g/mol. The lowest BCUT2D eigenvalue weighted by atomic mass is 11.0. The van der Waals surface area contributed by atoms with Gasteiger partial charge in [0.05, 0.1) is 0 Å². The van der Waals surface area contributed by atoms with Crippen LogP contribution in [0.5, 0.6) is 0 Å². The summed E-state index contributed by atoms with van der Waals surface area (Å²) >= 11 is 0.816. The third-order valence-electron chi connectivity index (χ3n) is 0.650. The molecule has 0 aliphatic carbocycles. The molecular weight excluding hydrogens is 134 g/mol. The van der Waals surface area contributed by atoms with Crippen molar-refractivity contribution in [3.8, 4) is 0 Å². The van der Waals surface area contributed by atoms with E-state index in [0.717, 1.165) is 11.4 Å². The molecule has 0 bridgehead atoms. The summed E-state index contributed by atoms with van der Waals surface area (Å²) in [6, 6.07) is 0. The zero-order valence-corrected chi connectivity index (χ0v) is 6.06.